The predicted octanol–water partition coefficient (Wildman–Crippen LogP) is 2.41. The highest BCUT2D eigenvalue weighted by molar-refractivity contribution is 7.89. The van der Waals surface area contributed by atoms with E-state index < -0.39 is 15.8 Å². The summed E-state index contributed by atoms with van der Waals surface area (Å²) >= 11 is 0. The fraction of sp³-hybridized carbons (Fsp3) is 0.278. The summed E-state index contributed by atoms with van der Waals surface area (Å²) < 4.78 is 39.9. The molecule has 1 atom stereocenters. The van der Waals surface area contributed by atoms with E-state index >= 15 is 0 Å². The molecule has 0 radical (unpaired) electrons. The van der Waals surface area contributed by atoms with Crippen LogP contribution in [0.1, 0.15) is 23.2 Å². The van der Waals surface area contributed by atoms with E-state index in [9.17, 15) is 17.6 Å². The van der Waals surface area contributed by atoms with Crippen LogP contribution in [0.4, 0.5) is 4.39 Å². The quantitative estimate of drug-likeness (QED) is 0.888. The minimum atomic E-state index is -3.57. The molecule has 1 aliphatic rings. The van der Waals surface area contributed by atoms with Crippen molar-refractivity contribution in [3.8, 4) is 0 Å². The van der Waals surface area contributed by atoms with Gasteiger partial charge in [-0.1, -0.05) is 18.2 Å². The van der Waals surface area contributed by atoms with Crippen LogP contribution in [0.25, 0.3) is 0 Å². The van der Waals surface area contributed by atoms with E-state index in [0.29, 0.717) is 18.5 Å². The Morgan fingerprint density at radius 3 is 2.48 bits per heavy atom. The molecule has 7 heteroatoms. The van der Waals surface area contributed by atoms with Crippen molar-refractivity contribution in [1.29, 1.82) is 0 Å². The molecule has 132 valence electrons. The second-order valence-electron chi connectivity index (χ2n) is 5.94. The lowest BCUT2D eigenvalue weighted by atomic mass is 10.2. The van der Waals surface area contributed by atoms with Crippen LogP contribution in [0, 0.1) is 5.82 Å². The molecule has 1 amide bonds. The molecule has 25 heavy (non-hydrogen) atoms. The number of carbonyl (C=O) groups is 1. The van der Waals surface area contributed by atoms with Gasteiger partial charge in [-0.05, 0) is 49.2 Å². The van der Waals surface area contributed by atoms with E-state index in [1.54, 1.807) is 30.3 Å². The number of carbonyl (C=O) groups excluding carboxylic acids is 1. The Kier molecular flexibility index (Phi) is 5.15. The zero-order valence-electron chi connectivity index (χ0n) is 13.6. The number of benzene rings is 2. The maximum Gasteiger partial charge on any atom is 0.251 e. The summed E-state index contributed by atoms with van der Waals surface area (Å²) in [6.45, 7) is 0.663. The molecule has 0 bridgehead atoms. The largest absolute Gasteiger partial charge is 0.350 e. The van der Waals surface area contributed by atoms with Crippen molar-refractivity contribution >= 4 is 15.9 Å². The van der Waals surface area contributed by atoms with Crippen LogP contribution in [0.15, 0.2) is 59.5 Å². The van der Waals surface area contributed by atoms with Crippen LogP contribution >= 0.6 is 0 Å². The van der Waals surface area contributed by atoms with Crippen molar-refractivity contribution in [2.24, 2.45) is 0 Å². The summed E-state index contributed by atoms with van der Waals surface area (Å²) in [7, 11) is -3.57. The Labute approximate surface area is 146 Å². The van der Waals surface area contributed by atoms with E-state index in [4.69, 9.17) is 0 Å². The molecule has 0 spiro atoms. The first-order valence-corrected chi connectivity index (χ1v) is 9.53. The van der Waals surface area contributed by atoms with Gasteiger partial charge in [0.1, 0.15) is 5.82 Å². The Balaban J connectivity index is 1.68. The molecule has 1 unspecified atom stereocenters. The Hall–Kier alpha value is -2.25. The molecule has 0 aromatic heterocycles. The van der Waals surface area contributed by atoms with Gasteiger partial charge in [0, 0.05) is 24.7 Å². The number of halogens is 1. The fourth-order valence-electron chi connectivity index (χ4n) is 2.97. The summed E-state index contributed by atoms with van der Waals surface area (Å²) in [5.41, 5.74) is 0.344. The molecule has 0 aliphatic carbocycles. The minimum absolute atomic E-state index is 0.224. The second kappa shape index (κ2) is 7.33. The average molecular weight is 362 g/mol. The van der Waals surface area contributed by atoms with Crippen LogP contribution < -0.4 is 5.32 Å². The molecule has 2 aromatic carbocycles. The van der Waals surface area contributed by atoms with Crippen molar-refractivity contribution in [2.45, 2.75) is 23.8 Å². The minimum Gasteiger partial charge on any atom is -0.350 e. The Morgan fingerprint density at radius 1 is 1.12 bits per heavy atom. The standard InChI is InChI=1S/C18H19FN2O3S/c19-15-10-8-14(9-11-15)18(22)20-13-16-5-4-12-21(16)25(23,24)17-6-2-1-3-7-17/h1-3,6-11,16H,4-5,12-13H2,(H,20,22). The molecule has 0 saturated carbocycles. The van der Waals surface area contributed by atoms with E-state index in [1.807, 2.05) is 0 Å². The summed E-state index contributed by atoms with van der Waals surface area (Å²) in [5, 5.41) is 2.75. The zero-order valence-corrected chi connectivity index (χ0v) is 14.4. The third-order valence-electron chi connectivity index (χ3n) is 4.28. The highest BCUT2D eigenvalue weighted by Gasteiger charge is 2.35. The summed E-state index contributed by atoms with van der Waals surface area (Å²) in [6, 6.07) is 13.2. The lowest BCUT2D eigenvalue weighted by molar-refractivity contribution is 0.0946. The van der Waals surface area contributed by atoms with E-state index in [1.165, 1.54) is 28.6 Å². The molecule has 1 aliphatic heterocycles. The van der Waals surface area contributed by atoms with Gasteiger partial charge < -0.3 is 5.32 Å². The molecule has 1 heterocycles. The van der Waals surface area contributed by atoms with Crippen LogP contribution in [-0.2, 0) is 10.0 Å². The molecule has 3 rings (SSSR count). The van der Waals surface area contributed by atoms with Gasteiger partial charge in [0.2, 0.25) is 10.0 Å². The van der Waals surface area contributed by atoms with Gasteiger partial charge in [-0.15, -0.1) is 0 Å². The Morgan fingerprint density at radius 2 is 1.80 bits per heavy atom. The summed E-state index contributed by atoms with van der Waals surface area (Å²) in [6.07, 6.45) is 1.44. The number of rotatable bonds is 5. The fourth-order valence-corrected chi connectivity index (χ4v) is 4.69. The lowest BCUT2D eigenvalue weighted by Crippen LogP contribution is -2.43. The highest BCUT2D eigenvalue weighted by Crippen LogP contribution is 2.25. The molecule has 5 nitrogen and oxygen atoms in total. The summed E-state index contributed by atoms with van der Waals surface area (Å²) in [5.74, 6) is -0.753. The van der Waals surface area contributed by atoms with Crippen molar-refractivity contribution in [2.75, 3.05) is 13.1 Å². The topological polar surface area (TPSA) is 66.5 Å². The summed E-state index contributed by atoms with van der Waals surface area (Å²) in [4.78, 5) is 12.4. The first-order valence-electron chi connectivity index (χ1n) is 8.09. The SMILES string of the molecule is O=C(NCC1CCCN1S(=O)(=O)c1ccccc1)c1ccc(F)cc1. The third kappa shape index (κ3) is 3.88. The van der Waals surface area contributed by atoms with Crippen LogP contribution in [0.5, 0.6) is 0 Å². The van der Waals surface area contributed by atoms with E-state index in [0.717, 1.165) is 6.42 Å². The predicted molar refractivity (Wildman–Crippen MR) is 92.1 cm³/mol. The average Bonchev–Trinajstić information content (AvgIpc) is 3.10. The number of sulfonamides is 1. The van der Waals surface area contributed by atoms with Gasteiger partial charge in [-0.3, -0.25) is 4.79 Å². The van der Waals surface area contributed by atoms with Crippen LogP contribution in [0.2, 0.25) is 0 Å². The van der Waals surface area contributed by atoms with E-state index in [-0.39, 0.29) is 23.4 Å². The van der Waals surface area contributed by atoms with Gasteiger partial charge in [0.15, 0.2) is 0 Å². The molecule has 1 saturated heterocycles. The number of nitrogens with one attached hydrogen (secondary N) is 1. The number of hydrogen-bond acceptors (Lipinski definition) is 3. The zero-order chi connectivity index (χ0) is 17.9. The van der Waals surface area contributed by atoms with E-state index in [2.05, 4.69) is 5.32 Å². The highest BCUT2D eigenvalue weighted by atomic mass is 32.2. The van der Waals surface area contributed by atoms with Crippen LogP contribution in [0.3, 0.4) is 0 Å². The van der Waals surface area contributed by atoms with Gasteiger partial charge >= 0.3 is 0 Å². The maximum absolute atomic E-state index is 12.9. The van der Waals surface area contributed by atoms with Crippen LogP contribution in [-0.4, -0.2) is 37.8 Å². The van der Waals surface area contributed by atoms with Gasteiger partial charge in [0.25, 0.3) is 5.91 Å². The van der Waals surface area contributed by atoms with Gasteiger partial charge in [-0.2, -0.15) is 4.31 Å². The van der Waals surface area contributed by atoms with Crippen molar-refractivity contribution in [3.63, 3.8) is 0 Å². The van der Waals surface area contributed by atoms with Gasteiger partial charge in [0.05, 0.1) is 4.90 Å². The molecule has 1 fully saturated rings. The normalized spacial score (nSPS) is 18.2. The lowest BCUT2D eigenvalue weighted by Gasteiger charge is -2.24. The van der Waals surface area contributed by atoms with Crippen molar-refractivity contribution < 1.29 is 17.6 Å². The Bertz CT molecular complexity index is 838. The molecular weight excluding hydrogens is 343 g/mol. The third-order valence-corrected chi connectivity index (χ3v) is 6.24. The first-order chi connectivity index (χ1) is 12.0. The molecule has 1 N–H and O–H groups in total. The molecular formula is C18H19FN2O3S. The monoisotopic (exact) mass is 362 g/mol. The maximum atomic E-state index is 12.9. The number of amides is 1. The second-order valence-corrected chi connectivity index (χ2v) is 7.83. The first kappa shape index (κ1) is 17.6. The number of hydrogen-bond donors (Lipinski definition) is 1. The number of nitrogens with zero attached hydrogens (tertiary/aromatic N) is 1. The molecule has 2 aromatic rings. The smallest absolute Gasteiger partial charge is 0.251 e. The van der Waals surface area contributed by atoms with Gasteiger partial charge in [-0.25, -0.2) is 12.8 Å². The van der Waals surface area contributed by atoms with Crippen molar-refractivity contribution in [1.82, 2.24) is 9.62 Å². The van der Waals surface area contributed by atoms with Crippen molar-refractivity contribution in [3.05, 3.63) is 66.0 Å².